The van der Waals surface area contributed by atoms with Gasteiger partial charge in [-0.15, -0.1) is 0 Å². The molecule has 1 aromatic rings. The highest BCUT2D eigenvalue weighted by molar-refractivity contribution is 7.88. The van der Waals surface area contributed by atoms with Crippen molar-refractivity contribution in [2.75, 3.05) is 20.2 Å². The Balaban J connectivity index is 1.92. The van der Waals surface area contributed by atoms with Gasteiger partial charge >= 0.3 is 21.7 Å². The van der Waals surface area contributed by atoms with Crippen LogP contribution in [-0.2, 0) is 25.2 Å². The maximum Gasteiger partial charge on any atom is 0.534 e. The van der Waals surface area contributed by atoms with Gasteiger partial charge in [0.2, 0.25) is 0 Å². The van der Waals surface area contributed by atoms with Crippen molar-refractivity contribution in [2.45, 2.75) is 56.7 Å². The monoisotopic (exact) mass is 479 g/mol. The van der Waals surface area contributed by atoms with Crippen LogP contribution in [0.1, 0.15) is 45.6 Å². The summed E-state index contributed by atoms with van der Waals surface area (Å²) in [5.41, 5.74) is -6.54. The molecule has 1 aliphatic carbocycles. The van der Waals surface area contributed by atoms with Gasteiger partial charge in [-0.2, -0.15) is 21.6 Å². The van der Waals surface area contributed by atoms with Crippen molar-refractivity contribution in [3.05, 3.63) is 29.8 Å². The number of methoxy groups -OCH3 is 1. The molecule has 3 atom stereocenters. The number of nitrogens with zero attached hydrogens (tertiary/aromatic N) is 1. The van der Waals surface area contributed by atoms with E-state index >= 15 is 0 Å². The Morgan fingerprint density at radius 2 is 1.72 bits per heavy atom. The number of alkyl halides is 3. The summed E-state index contributed by atoms with van der Waals surface area (Å²) in [5, 5.41) is 0. The second-order valence-electron chi connectivity index (χ2n) is 9.22. The summed E-state index contributed by atoms with van der Waals surface area (Å²) in [7, 11) is -4.27. The molecule has 3 rings (SSSR count). The number of carbonyl (C=O) groups excluding carboxylic acids is 1. The van der Waals surface area contributed by atoms with E-state index in [1.807, 2.05) is 0 Å². The molecule has 32 heavy (non-hydrogen) atoms. The van der Waals surface area contributed by atoms with Crippen molar-refractivity contribution in [3.63, 3.8) is 0 Å². The van der Waals surface area contributed by atoms with Crippen LogP contribution in [0, 0.1) is 11.8 Å². The Morgan fingerprint density at radius 1 is 1.12 bits per heavy atom. The molecule has 2 fully saturated rings. The van der Waals surface area contributed by atoms with Crippen LogP contribution in [0.4, 0.5) is 18.0 Å². The minimum Gasteiger partial charge on any atom is -0.444 e. The smallest absolute Gasteiger partial charge is 0.444 e. The summed E-state index contributed by atoms with van der Waals surface area (Å²) in [5.74, 6) is -0.743. The first-order chi connectivity index (χ1) is 14.7. The average Bonchev–Trinajstić information content (AvgIpc) is 2.64. The largest absolute Gasteiger partial charge is 0.534 e. The van der Waals surface area contributed by atoms with E-state index in [0.717, 1.165) is 25.3 Å². The topological polar surface area (TPSA) is 82.1 Å². The lowest BCUT2D eigenvalue weighted by atomic mass is 9.62. The molecule has 1 unspecified atom stereocenters. The minimum absolute atomic E-state index is 0.151. The number of benzene rings is 1. The lowest BCUT2D eigenvalue weighted by Gasteiger charge is -2.55. The molecule has 1 aromatic carbocycles. The standard InChI is InChI=1S/C21H28F3NO6S/c1-19(2,3)30-18(26)25-12-15-8-5-9-16(13-25)20(15,29-4)14-7-6-10-17(11-14)31-32(27,28)21(22,23)24/h6-7,10-11,15-16H,5,8-9,12-13H2,1-4H3/t15-,16+,20?. The molecular formula is C21H28F3NO6S. The summed E-state index contributed by atoms with van der Waals surface area (Å²) in [6.45, 7) is 6.07. The van der Waals surface area contributed by atoms with Crippen LogP contribution in [0.3, 0.4) is 0 Å². The predicted octanol–water partition coefficient (Wildman–Crippen LogP) is 4.42. The number of carbonyl (C=O) groups is 1. The summed E-state index contributed by atoms with van der Waals surface area (Å²) < 4.78 is 77.0. The fourth-order valence-electron chi connectivity index (χ4n) is 4.80. The Morgan fingerprint density at radius 3 is 2.22 bits per heavy atom. The Kier molecular flexibility index (Phi) is 6.47. The van der Waals surface area contributed by atoms with E-state index in [-0.39, 0.29) is 11.8 Å². The molecule has 11 heteroatoms. The number of fused-ring (bicyclic) bond motifs is 2. The fraction of sp³-hybridized carbons (Fsp3) is 0.667. The van der Waals surface area contributed by atoms with Crippen molar-refractivity contribution in [1.82, 2.24) is 4.90 Å². The first kappa shape index (κ1) is 24.6. The van der Waals surface area contributed by atoms with E-state index < -0.39 is 38.7 Å². The molecule has 0 spiro atoms. The predicted molar refractivity (Wildman–Crippen MR) is 109 cm³/mol. The van der Waals surface area contributed by atoms with Crippen LogP contribution in [0.15, 0.2) is 24.3 Å². The second kappa shape index (κ2) is 8.40. The third kappa shape index (κ3) is 4.68. The molecule has 1 aliphatic heterocycles. The molecule has 1 amide bonds. The van der Waals surface area contributed by atoms with E-state index in [2.05, 4.69) is 4.18 Å². The van der Waals surface area contributed by atoms with Gasteiger partial charge in [0, 0.05) is 32.0 Å². The molecular weight excluding hydrogens is 451 g/mol. The van der Waals surface area contributed by atoms with Gasteiger partial charge in [-0.1, -0.05) is 18.6 Å². The number of hydrogen-bond donors (Lipinski definition) is 0. The van der Waals surface area contributed by atoms with Gasteiger partial charge in [0.05, 0.1) is 0 Å². The molecule has 1 heterocycles. The van der Waals surface area contributed by atoms with Gasteiger partial charge in [-0.05, 0) is 51.3 Å². The summed E-state index contributed by atoms with van der Waals surface area (Å²) in [6, 6.07) is 5.56. The highest BCUT2D eigenvalue weighted by Crippen LogP contribution is 2.52. The number of rotatable bonds is 4. The van der Waals surface area contributed by atoms with Gasteiger partial charge < -0.3 is 18.6 Å². The van der Waals surface area contributed by atoms with Gasteiger partial charge in [-0.3, -0.25) is 0 Å². The fourth-order valence-corrected chi connectivity index (χ4v) is 5.25. The van der Waals surface area contributed by atoms with E-state index in [1.54, 1.807) is 31.7 Å². The molecule has 7 nitrogen and oxygen atoms in total. The van der Waals surface area contributed by atoms with Crippen molar-refractivity contribution >= 4 is 16.2 Å². The molecule has 180 valence electrons. The van der Waals surface area contributed by atoms with Crippen LogP contribution >= 0.6 is 0 Å². The second-order valence-corrected chi connectivity index (χ2v) is 10.8. The lowest BCUT2D eigenvalue weighted by molar-refractivity contribution is -0.166. The van der Waals surface area contributed by atoms with Crippen molar-refractivity contribution in [3.8, 4) is 5.75 Å². The van der Waals surface area contributed by atoms with E-state index in [4.69, 9.17) is 9.47 Å². The highest BCUT2D eigenvalue weighted by Gasteiger charge is 2.55. The lowest BCUT2D eigenvalue weighted by Crippen LogP contribution is -2.60. The van der Waals surface area contributed by atoms with E-state index in [1.165, 1.54) is 19.2 Å². The summed E-state index contributed by atoms with van der Waals surface area (Å²) in [4.78, 5) is 14.3. The summed E-state index contributed by atoms with van der Waals surface area (Å²) >= 11 is 0. The quantitative estimate of drug-likeness (QED) is 0.470. The Bertz CT molecular complexity index is 943. The van der Waals surface area contributed by atoms with Gasteiger partial charge in [-0.25, -0.2) is 4.79 Å². The first-order valence-electron chi connectivity index (χ1n) is 10.3. The van der Waals surface area contributed by atoms with Crippen LogP contribution in [-0.4, -0.2) is 50.7 Å². The molecule has 2 aliphatic rings. The Hall–Kier alpha value is -2.01. The van der Waals surface area contributed by atoms with Crippen molar-refractivity contribution in [1.29, 1.82) is 0 Å². The van der Waals surface area contributed by atoms with Crippen LogP contribution in [0.5, 0.6) is 5.75 Å². The minimum atomic E-state index is -5.79. The van der Waals surface area contributed by atoms with Gasteiger partial charge in [0.1, 0.15) is 17.0 Å². The first-order valence-corrected chi connectivity index (χ1v) is 11.7. The number of hydrogen-bond acceptors (Lipinski definition) is 6. The van der Waals surface area contributed by atoms with Crippen LogP contribution in [0.2, 0.25) is 0 Å². The molecule has 2 bridgehead atoms. The summed E-state index contributed by atoms with van der Waals surface area (Å²) in [6.07, 6.45) is 1.96. The van der Waals surface area contributed by atoms with Crippen molar-refractivity contribution < 1.29 is 40.0 Å². The zero-order valence-electron chi connectivity index (χ0n) is 18.4. The number of piperidine rings is 1. The number of ether oxygens (including phenoxy) is 2. The highest BCUT2D eigenvalue weighted by atomic mass is 32.2. The van der Waals surface area contributed by atoms with E-state index in [9.17, 15) is 26.4 Å². The van der Waals surface area contributed by atoms with Crippen LogP contribution in [0.25, 0.3) is 0 Å². The SMILES string of the molecule is COC1(c2cccc(OS(=O)(=O)C(F)(F)F)c2)[C@@H]2CCC[C@H]1CN(C(=O)OC(C)(C)C)C2. The third-order valence-corrected chi connectivity index (χ3v) is 6.94. The van der Waals surface area contributed by atoms with Crippen molar-refractivity contribution in [2.24, 2.45) is 11.8 Å². The third-order valence-electron chi connectivity index (χ3n) is 5.96. The average molecular weight is 480 g/mol. The number of halogens is 3. The molecule has 1 saturated carbocycles. The molecule has 0 radical (unpaired) electrons. The zero-order valence-corrected chi connectivity index (χ0v) is 19.3. The number of likely N-dealkylation sites (tertiary alicyclic amines) is 1. The maximum absolute atomic E-state index is 12.8. The molecule has 0 N–H and O–H groups in total. The molecule has 0 aromatic heterocycles. The van der Waals surface area contributed by atoms with E-state index in [0.29, 0.717) is 18.7 Å². The molecule has 1 saturated heterocycles. The Labute approximate surface area is 185 Å². The van der Waals surface area contributed by atoms with Gasteiger partial charge in [0.15, 0.2) is 0 Å². The zero-order chi connectivity index (χ0) is 23.9. The van der Waals surface area contributed by atoms with Crippen LogP contribution < -0.4 is 4.18 Å². The van der Waals surface area contributed by atoms with Gasteiger partial charge in [0.25, 0.3) is 0 Å². The number of amides is 1. The maximum atomic E-state index is 12.8. The normalized spacial score (nSPS) is 26.5.